The quantitative estimate of drug-likeness (QED) is 0.336. The Balaban J connectivity index is 2.02. The van der Waals surface area contributed by atoms with Gasteiger partial charge in [0.1, 0.15) is 12.6 Å². The fraction of sp³-hybridized carbons (Fsp3) is 0.286. The Morgan fingerprint density at radius 3 is 2.18 bits per heavy atom. The lowest BCUT2D eigenvalue weighted by Gasteiger charge is -2.33. The van der Waals surface area contributed by atoms with Crippen molar-refractivity contribution in [1.82, 2.24) is 10.2 Å². The van der Waals surface area contributed by atoms with Crippen molar-refractivity contribution in [3.8, 4) is 0 Å². The first-order chi connectivity index (χ1) is 17.8. The number of carbonyl (C=O) groups excluding carboxylic acids is 2. The molecule has 0 unspecified atom stereocenters. The summed E-state index contributed by atoms with van der Waals surface area (Å²) < 4.78 is 29.2. The van der Waals surface area contributed by atoms with E-state index in [0.29, 0.717) is 15.2 Å². The summed E-state index contributed by atoms with van der Waals surface area (Å²) >= 11 is 9.42. The van der Waals surface area contributed by atoms with Crippen molar-refractivity contribution < 1.29 is 18.0 Å². The van der Waals surface area contributed by atoms with Gasteiger partial charge in [-0.05, 0) is 75.7 Å². The van der Waals surface area contributed by atoms with E-state index in [2.05, 4.69) is 21.2 Å². The molecule has 3 aromatic carbocycles. The number of nitrogens with zero attached hydrogens (tertiary/aromatic N) is 2. The van der Waals surface area contributed by atoms with E-state index in [1.165, 1.54) is 17.0 Å². The summed E-state index contributed by atoms with van der Waals surface area (Å²) in [7, 11) is -4.11. The number of hydrogen-bond acceptors (Lipinski definition) is 4. The highest BCUT2D eigenvalue weighted by Gasteiger charge is 2.33. The number of anilines is 1. The molecule has 2 amide bonds. The topological polar surface area (TPSA) is 86.8 Å². The van der Waals surface area contributed by atoms with Gasteiger partial charge in [-0.2, -0.15) is 0 Å². The maximum absolute atomic E-state index is 13.9. The standard InChI is InChI=1S/C28H31BrClN3O4S/c1-20(27(35)31-28(2,3)4)32(18-21-13-15-23(30)16-14-21)26(34)19-33(24-10-8-9-22(29)17-24)38(36,37)25-11-6-5-7-12-25/h5-17,20H,18-19H2,1-4H3,(H,31,35)/t20-/m0/s1. The fourth-order valence-electron chi connectivity index (χ4n) is 3.72. The van der Waals surface area contributed by atoms with Gasteiger partial charge < -0.3 is 10.2 Å². The lowest BCUT2D eigenvalue weighted by Crippen LogP contribution is -2.54. The molecular weight excluding hydrogens is 590 g/mol. The lowest BCUT2D eigenvalue weighted by atomic mass is 10.1. The van der Waals surface area contributed by atoms with E-state index in [1.54, 1.807) is 73.7 Å². The molecule has 0 radical (unpaired) electrons. The summed E-state index contributed by atoms with van der Waals surface area (Å²) in [4.78, 5) is 28.4. The molecule has 0 spiro atoms. The third-order valence-corrected chi connectivity index (χ3v) is 8.17. The molecule has 38 heavy (non-hydrogen) atoms. The molecule has 10 heteroatoms. The van der Waals surface area contributed by atoms with E-state index >= 15 is 0 Å². The summed E-state index contributed by atoms with van der Waals surface area (Å²) in [5.41, 5.74) is 0.548. The predicted molar refractivity (Wildman–Crippen MR) is 154 cm³/mol. The summed E-state index contributed by atoms with van der Waals surface area (Å²) in [5.74, 6) is -0.879. The molecule has 0 saturated carbocycles. The summed E-state index contributed by atoms with van der Waals surface area (Å²) in [6, 6.07) is 20.7. The summed E-state index contributed by atoms with van der Waals surface area (Å²) in [6.07, 6.45) is 0. The number of amides is 2. The Bertz CT molecular complexity index is 1380. The molecule has 1 atom stereocenters. The Labute approximate surface area is 238 Å². The summed E-state index contributed by atoms with van der Waals surface area (Å²) in [6.45, 7) is 6.77. The number of nitrogens with one attached hydrogen (secondary N) is 1. The minimum Gasteiger partial charge on any atom is -0.350 e. The van der Waals surface area contributed by atoms with Crippen molar-refractivity contribution in [2.24, 2.45) is 0 Å². The molecule has 0 bridgehead atoms. The maximum Gasteiger partial charge on any atom is 0.264 e. The zero-order valence-corrected chi connectivity index (χ0v) is 24.8. The average molecular weight is 621 g/mol. The normalized spacial score (nSPS) is 12.5. The lowest BCUT2D eigenvalue weighted by molar-refractivity contribution is -0.140. The van der Waals surface area contributed by atoms with Gasteiger partial charge in [0.05, 0.1) is 10.6 Å². The van der Waals surface area contributed by atoms with Crippen LogP contribution >= 0.6 is 27.5 Å². The average Bonchev–Trinajstić information content (AvgIpc) is 2.85. The number of rotatable bonds is 9. The van der Waals surface area contributed by atoms with Crippen LogP contribution in [0.3, 0.4) is 0 Å². The van der Waals surface area contributed by atoms with Gasteiger partial charge >= 0.3 is 0 Å². The zero-order valence-electron chi connectivity index (χ0n) is 21.7. The first-order valence-electron chi connectivity index (χ1n) is 12.0. The molecule has 7 nitrogen and oxygen atoms in total. The highest BCUT2D eigenvalue weighted by Crippen LogP contribution is 2.27. The van der Waals surface area contributed by atoms with Gasteiger partial charge in [0, 0.05) is 21.6 Å². The molecule has 202 valence electrons. The van der Waals surface area contributed by atoms with Gasteiger partial charge in [-0.15, -0.1) is 0 Å². The molecule has 0 fully saturated rings. The molecule has 3 aromatic rings. The van der Waals surface area contributed by atoms with Gasteiger partial charge in [-0.25, -0.2) is 8.42 Å². The van der Waals surface area contributed by atoms with E-state index in [1.807, 2.05) is 20.8 Å². The molecule has 0 saturated heterocycles. The highest BCUT2D eigenvalue weighted by atomic mass is 79.9. The molecule has 0 aliphatic carbocycles. The predicted octanol–water partition coefficient (Wildman–Crippen LogP) is 5.63. The van der Waals surface area contributed by atoms with E-state index in [0.717, 1.165) is 9.87 Å². The number of halogens is 2. The van der Waals surface area contributed by atoms with Crippen LogP contribution in [0.1, 0.15) is 33.3 Å². The SMILES string of the molecule is C[C@@H](C(=O)NC(C)(C)C)N(Cc1ccc(Cl)cc1)C(=O)CN(c1cccc(Br)c1)S(=O)(=O)c1ccccc1. The molecular formula is C28H31BrClN3O4S. The van der Waals surface area contributed by atoms with Crippen LogP contribution in [0.2, 0.25) is 5.02 Å². The first-order valence-corrected chi connectivity index (χ1v) is 14.6. The minimum atomic E-state index is -4.11. The summed E-state index contributed by atoms with van der Waals surface area (Å²) in [5, 5.41) is 3.45. The van der Waals surface area contributed by atoms with Crippen LogP contribution in [-0.2, 0) is 26.2 Å². The van der Waals surface area contributed by atoms with Crippen LogP contribution in [0.4, 0.5) is 5.69 Å². The van der Waals surface area contributed by atoms with E-state index in [9.17, 15) is 18.0 Å². The zero-order chi connectivity index (χ0) is 28.1. The Morgan fingerprint density at radius 2 is 1.61 bits per heavy atom. The largest absolute Gasteiger partial charge is 0.350 e. The van der Waals surface area contributed by atoms with Gasteiger partial charge in [0.2, 0.25) is 11.8 Å². The monoisotopic (exact) mass is 619 g/mol. The highest BCUT2D eigenvalue weighted by molar-refractivity contribution is 9.10. The third-order valence-electron chi connectivity index (χ3n) is 5.64. The molecule has 0 aliphatic rings. The Kier molecular flexibility index (Phi) is 9.62. The van der Waals surface area contributed by atoms with Crippen LogP contribution in [0.15, 0.2) is 88.2 Å². The second-order valence-corrected chi connectivity index (χ2v) is 13.1. The van der Waals surface area contributed by atoms with Crippen molar-refractivity contribution in [1.29, 1.82) is 0 Å². The van der Waals surface area contributed by atoms with Crippen LogP contribution in [0, 0.1) is 0 Å². The van der Waals surface area contributed by atoms with Gasteiger partial charge in [-0.3, -0.25) is 13.9 Å². The van der Waals surface area contributed by atoms with E-state index in [4.69, 9.17) is 11.6 Å². The van der Waals surface area contributed by atoms with Crippen molar-refractivity contribution >= 4 is 55.1 Å². The molecule has 3 rings (SSSR count). The van der Waals surface area contributed by atoms with Gasteiger partial charge in [0.25, 0.3) is 10.0 Å². The minimum absolute atomic E-state index is 0.0514. The smallest absolute Gasteiger partial charge is 0.264 e. The molecule has 0 aliphatic heterocycles. The number of hydrogen-bond donors (Lipinski definition) is 1. The van der Waals surface area contributed by atoms with Gasteiger partial charge in [-0.1, -0.05) is 63.9 Å². The number of carbonyl (C=O) groups is 2. The van der Waals surface area contributed by atoms with Gasteiger partial charge in [0.15, 0.2) is 0 Å². The molecule has 0 heterocycles. The molecule has 0 aromatic heterocycles. The van der Waals surface area contributed by atoms with Crippen LogP contribution in [0.5, 0.6) is 0 Å². The Hall–Kier alpha value is -2.88. The van der Waals surface area contributed by atoms with Crippen LogP contribution in [0.25, 0.3) is 0 Å². The third kappa shape index (κ3) is 7.82. The van der Waals surface area contributed by atoms with Crippen molar-refractivity contribution in [2.75, 3.05) is 10.8 Å². The first kappa shape index (κ1) is 29.7. The Morgan fingerprint density at radius 1 is 0.974 bits per heavy atom. The van der Waals surface area contributed by atoms with Crippen LogP contribution in [-0.4, -0.2) is 43.3 Å². The van der Waals surface area contributed by atoms with Crippen molar-refractivity contribution in [3.05, 3.63) is 93.9 Å². The van der Waals surface area contributed by atoms with E-state index < -0.39 is 34.1 Å². The number of sulfonamides is 1. The fourth-order valence-corrected chi connectivity index (χ4v) is 5.66. The second kappa shape index (κ2) is 12.3. The van der Waals surface area contributed by atoms with E-state index in [-0.39, 0.29) is 17.3 Å². The number of benzene rings is 3. The maximum atomic E-state index is 13.9. The van der Waals surface area contributed by atoms with Crippen molar-refractivity contribution in [2.45, 2.75) is 50.7 Å². The van der Waals surface area contributed by atoms with Crippen molar-refractivity contribution in [3.63, 3.8) is 0 Å². The molecule has 1 N–H and O–H groups in total. The second-order valence-electron chi connectivity index (χ2n) is 9.87. The van der Waals surface area contributed by atoms with Crippen LogP contribution < -0.4 is 9.62 Å².